The predicted octanol–water partition coefficient (Wildman–Crippen LogP) is 3.65. The standard InChI is InChI=1S/C15H16N4S2/c1-7-8(2)10-11-12(21-14(10)17-9(7)3)13-16-5-6-19(13)15(18-11)20-4/h5-6H2,1-4H3. The van der Waals surface area contributed by atoms with Crippen molar-refractivity contribution in [2.45, 2.75) is 20.8 Å². The van der Waals surface area contributed by atoms with Gasteiger partial charge < -0.3 is 4.90 Å². The molecule has 2 aliphatic heterocycles. The maximum Gasteiger partial charge on any atom is 0.169 e. The predicted molar refractivity (Wildman–Crippen MR) is 92.6 cm³/mol. The molecule has 21 heavy (non-hydrogen) atoms. The van der Waals surface area contributed by atoms with E-state index < -0.39 is 0 Å². The Balaban J connectivity index is 2.10. The number of hydrogen-bond donors (Lipinski definition) is 0. The van der Waals surface area contributed by atoms with Crippen molar-refractivity contribution in [3.8, 4) is 0 Å². The number of aromatic nitrogens is 1. The van der Waals surface area contributed by atoms with E-state index >= 15 is 0 Å². The fourth-order valence-corrected chi connectivity index (χ4v) is 4.74. The fraction of sp³-hybridized carbons (Fsp3) is 0.400. The van der Waals surface area contributed by atoms with Crippen LogP contribution in [0.2, 0.25) is 0 Å². The summed E-state index contributed by atoms with van der Waals surface area (Å²) >= 11 is 3.42. The van der Waals surface area contributed by atoms with Crippen molar-refractivity contribution in [3.63, 3.8) is 0 Å². The molecule has 0 aliphatic carbocycles. The first-order valence-electron chi connectivity index (χ1n) is 6.97. The van der Waals surface area contributed by atoms with Crippen LogP contribution in [0.1, 0.15) is 21.7 Å². The first-order chi connectivity index (χ1) is 10.1. The third kappa shape index (κ3) is 1.72. The molecule has 0 spiro atoms. The Morgan fingerprint density at radius 3 is 2.76 bits per heavy atom. The van der Waals surface area contributed by atoms with Crippen molar-refractivity contribution in [2.24, 2.45) is 9.98 Å². The Bertz CT molecular complexity index is 832. The highest BCUT2D eigenvalue weighted by atomic mass is 32.2. The Morgan fingerprint density at radius 2 is 2.00 bits per heavy atom. The maximum absolute atomic E-state index is 4.92. The van der Waals surface area contributed by atoms with Crippen LogP contribution in [0.15, 0.2) is 9.98 Å². The molecule has 0 fully saturated rings. The van der Waals surface area contributed by atoms with Crippen LogP contribution in [0.25, 0.3) is 10.2 Å². The highest BCUT2D eigenvalue weighted by molar-refractivity contribution is 8.13. The Labute approximate surface area is 132 Å². The van der Waals surface area contributed by atoms with Crippen LogP contribution in [0, 0.1) is 20.8 Å². The molecule has 2 aliphatic rings. The van der Waals surface area contributed by atoms with Crippen molar-refractivity contribution in [1.82, 2.24) is 9.88 Å². The van der Waals surface area contributed by atoms with Crippen molar-refractivity contribution in [3.05, 3.63) is 21.7 Å². The molecule has 0 aromatic carbocycles. The number of fused-ring (bicyclic) bond motifs is 5. The van der Waals surface area contributed by atoms with Gasteiger partial charge in [0.05, 0.1) is 17.1 Å². The van der Waals surface area contributed by atoms with E-state index in [0.29, 0.717) is 0 Å². The van der Waals surface area contributed by atoms with Gasteiger partial charge in [-0.25, -0.2) is 9.98 Å². The van der Waals surface area contributed by atoms with Gasteiger partial charge in [-0.15, -0.1) is 11.3 Å². The molecule has 0 bridgehead atoms. The van der Waals surface area contributed by atoms with Crippen LogP contribution in [-0.2, 0) is 0 Å². The molecule has 0 atom stereocenters. The molecular weight excluding hydrogens is 300 g/mol. The second-order valence-corrected chi connectivity index (χ2v) is 7.14. The van der Waals surface area contributed by atoms with Crippen LogP contribution >= 0.6 is 23.1 Å². The molecule has 4 heterocycles. The summed E-state index contributed by atoms with van der Waals surface area (Å²) in [5, 5.41) is 2.26. The highest BCUT2D eigenvalue weighted by Gasteiger charge is 2.32. The third-order valence-electron chi connectivity index (χ3n) is 4.28. The largest absolute Gasteiger partial charge is 0.303 e. The van der Waals surface area contributed by atoms with Gasteiger partial charge in [0.2, 0.25) is 0 Å². The molecule has 6 heteroatoms. The average Bonchev–Trinajstić information content (AvgIpc) is 3.07. The van der Waals surface area contributed by atoms with Gasteiger partial charge in [0.25, 0.3) is 0 Å². The van der Waals surface area contributed by atoms with Gasteiger partial charge in [-0.05, 0) is 38.2 Å². The van der Waals surface area contributed by atoms with Crippen molar-refractivity contribution in [2.75, 3.05) is 19.3 Å². The van der Waals surface area contributed by atoms with E-state index in [4.69, 9.17) is 15.0 Å². The van der Waals surface area contributed by atoms with E-state index in [1.807, 2.05) is 0 Å². The Kier molecular flexibility index (Phi) is 2.87. The zero-order valence-corrected chi connectivity index (χ0v) is 14.2. The number of nitrogens with zero attached hydrogens (tertiary/aromatic N) is 4. The first kappa shape index (κ1) is 13.3. The number of amidine groups is 2. The normalized spacial score (nSPS) is 16.9. The summed E-state index contributed by atoms with van der Waals surface area (Å²) in [5.41, 5.74) is 4.74. The molecule has 2 aromatic heterocycles. The molecule has 108 valence electrons. The van der Waals surface area contributed by atoms with Gasteiger partial charge in [0.1, 0.15) is 10.7 Å². The smallest absolute Gasteiger partial charge is 0.169 e. The summed E-state index contributed by atoms with van der Waals surface area (Å²) in [7, 11) is 0. The van der Waals surface area contributed by atoms with Gasteiger partial charge in [-0.3, -0.25) is 4.99 Å². The second kappa shape index (κ2) is 4.55. The van der Waals surface area contributed by atoms with E-state index in [-0.39, 0.29) is 0 Å². The van der Waals surface area contributed by atoms with Crippen molar-refractivity contribution in [1.29, 1.82) is 0 Å². The summed E-state index contributed by atoms with van der Waals surface area (Å²) in [6.07, 6.45) is 2.08. The Hall–Kier alpha value is -1.40. The fourth-order valence-electron chi connectivity index (χ4n) is 2.92. The molecule has 2 aromatic rings. The quantitative estimate of drug-likeness (QED) is 0.745. The van der Waals surface area contributed by atoms with Gasteiger partial charge in [0.15, 0.2) is 5.17 Å². The molecule has 0 unspecified atom stereocenters. The van der Waals surface area contributed by atoms with E-state index in [1.165, 1.54) is 21.4 Å². The van der Waals surface area contributed by atoms with Crippen LogP contribution < -0.4 is 0 Å². The number of pyridine rings is 1. The van der Waals surface area contributed by atoms with Crippen LogP contribution in [0.3, 0.4) is 0 Å². The molecule has 4 nitrogen and oxygen atoms in total. The Morgan fingerprint density at radius 1 is 1.19 bits per heavy atom. The van der Waals surface area contributed by atoms with Gasteiger partial charge in [-0.1, -0.05) is 11.8 Å². The van der Waals surface area contributed by atoms with E-state index in [1.54, 1.807) is 23.1 Å². The minimum absolute atomic E-state index is 0.854. The number of thiophene rings is 1. The number of thioether (sulfide) groups is 1. The zero-order chi connectivity index (χ0) is 14.7. The van der Waals surface area contributed by atoms with Crippen molar-refractivity contribution >= 4 is 50.0 Å². The molecule has 0 saturated carbocycles. The molecule has 0 amide bonds. The monoisotopic (exact) mass is 316 g/mol. The molecule has 0 saturated heterocycles. The van der Waals surface area contributed by atoms with Crippen molar-refractivity contribution < 1.29 is 0 Å². The minimum atomic E-state index is 0.854. The lowest BCUT2D eigenvalue weighted by Crippen LogP contribution is -2.34. The van der Waals surface area contributed by atoms with Crippen LogP contribution in [0.5, 0.6) is 0 Å². The molecule has 0 N–H and O–H groups in total. The summed E-state index contributed by atoms with van der Waals surface area (Å²) < 4.78 is 0. The van der Waals surface area contributed by atoms with E-state index in [2.05, 4.69) is 31.9 Å². The molecular formula is C15H16N4S2. The molecule has 4 rings (SSSR count). The topological polar surface area (TPSA) is 40.9 Å². The van der Waals surface area contributed by atoms with Gasteiger partial charge in [0, 0.05) is 17.6 Å². The lowest BCUT2D eigenvalue weighted by molar-refractivity contribution is 0.676. The lowest BCUT2D eigenvalue weighted by atomic mass is 10.0. The van der Waals surface area contributed by atoms with Gasteiger partial charge in [-0.2, -0.15) is 0 Å². The van der Waals surface area contributed by atoms with Crippen LogP contribution in [0.4, 0.5) is 5.69 Å². The summed E-state index contributed by atoms with van der Waals surface area (Å²) in [4.78, 5) is 18.9. The zero-order valence-electron chi connectivity index (χ0n) is 12.5. The van der Waals surface area contributed by atoms with Crippen LogP contribution in [-0.4, -0.2) is 40.2 Å². The number of hydrogen-bond acceptors (Lipinski definition) is 6. The third-order valence-corrected chi connectivity index (χ3v) is 6.02. The average molecular weight is 316 g/mol. The number of aryl methyl sites for hydroxylation is 2. The van der Waals surface area contributed by atoms with E-state index in [9.17, 15) is 0 Å². The minimum Gasteiger partial charge on any atom is -0.303 e. The molecule has 0 radical (unpaired) electrons. The lowest BCUT2D eigenvalue weighted by Gasteiger charge is -2.24. The summed E-state index contributed by atoms with van der Waals surface area (Å²) in [5.74, 6) is 1.09. The van der Waals surface area contributed by atoms with E-state index in [0.717, 1.165) is 40.3 Å². The number of aliphatic imine (C=N–C) groups is 2. The first-order valence-corrected chi connectivity index (χ1v) is 9.01. The summed E-state index contributed by atoms with van der Waals surface area (Å²) in [6, 6.07) is 0. The SMILES string of the molecule is CSC1=Nc2c(sc3nc(C)c(C)c(C)c23)C2=NCCN12. The summed E-state index contributed by atoms with van der Waals surface area (Å²) in [6.45, 7) is 8.19. The highest BCUT2D eigenvalue weighted by Crippen LogP contribution is 2.44. The van der Waals surface area contributed by atoms with Gasteiger partial charge >= 0.3 is 0 Å². The maximum atomic E-state index is 4.92. The second-order valence-electron chi connectivity index (χ2n) is 5.36. The number of rotatable bonds is 0.